The molecule has 148 valence electrons. The van der Waals surface area contributed by atoms with E-state index in [0.29, 0.717) is 19.3 Å². The molecule has 0 aromatic carbocycles. The van der Waals surface area contributed by atoms with E-state index in [0.717, 1.165) is 32.1 Å². The Labute approximate surface area is 157 Å². The predicted molar refractivity (Wildman–Crippen MR) is 102 cm³/mol. The molecule has 0 aliphatic heterocycles. The first kappa shape index (κ1) is 22.6. The first-order valence-corrected chi connectivity index (χ1v) is 9.78. The lowest BCUT2D eigenvalue weighted by Crippen LogP contribution is -2.19. The van der Waals surface area contributed by atoms with Crippen LogP contribution < -0.4 is 0 Å². The molecule has 0 saturated heterocycles. The molecule has 3 unspecified atom stereocenters. The normalized spacial score (nSPS) is 24.6. The molecule has 0 bridgehead atoms. The molecule has 4 atom stereocenters. The lowest BCUT2D eigenvalue weighted by atomic mass is 9.90. The van der Waals surface area contributed by atoms with Crippen LogP contribution in [0.5, 0.6) is 0 Å². The van der Waals surface area contributed by atoms with Crippen LogP contribution >= 0.6 is 0 Å². The average molecular weight is 366 g/mol. The van der Waals surface area contributed by atoms with E-state index in [2.05, 4.69) is 11.7 Å². The number of rotatable bonds is 12. The third-order valence-corrected chi connectivity index (χ3v) is 4.94. The second-order valence-electron chi connectivity index (χ2n) is 7.05. The van der Waals surface area contributed by atoms with E-state index >= 15 is 0 Å². The summed E-state index contributed by atoms with van der Waals surface area (Å²) >= 11 is 0. The maximum Gasteiger partial charge on any atom is 0.305 e. The van der Waals surface area contributed by atoms with Crippen molar-refractivity contribution < 1.29 is 24.5 Å². The van der Waals surface area contributed by atoms with Crippen molar-refractivity contribution in [1.29, 1.82) is 0 Å². The number of aliphatic hydroxyl groups excluding tert-OH is 2. The fourth-order valence-corrected chi connectivity index (χ4v) is 3.31. The molecule has 0 spiro atoms. The van der Waals surface area contributed by atoms with Gasteiger partial charge < -0.3 is 14.9 Å². The van der Waals surface area contributed by atoms with Crippen LogP contribution in [-0.2, 0) is 14.3 Å². The summed E-state index contributed by atoms with van der Waals surface area (Å²) in [6, 6.07) is 0. The molecular formula is C21H34O5. The van der Waals surface area contributed by atoms with E-state index in [9.17, 15) is 19.8 Å². The topological polar surface area (TPSA) is 83.8 Å². The number of carbonyl (C=O) groups excluding carboxylic acids is 2. The molecule has 0 heterocycles. The standard InChI is InChI=1S/C21H34O5/c1-3-4-7-10-16(22)13-14-18-17(19(23)15-20(18)24)11-8-5-6-9-12-21(25)26-2/h5,8,13-14,16-19,22-23H,3-4,6-7,9-12,15H2,1-2H3/t16?,17?,18-,19?/m1/s1. The summed E-state index contributed by atoms with van der Waals surface area (Å²) in [6.45, 7) is 2.12. The molecular weight excluding hydrogens is 332 g/mol. The highest BCUT2D eigenvalue weighted by atomic mass is 16.5. The van der Waals surface area contributed by atoms with Gasteiger partial charge >= 0.3 is 5.97 Å². The number of carbonyl (C=O) groups is 2. The molecule has 1 rings (SSSR count). The Bertz CT molecular complexity index is 483. The second-order valence-corrected chi connectivity index (χ2v) is 7.05. The van der Waals surface area contributed by atoms with Crippen molar-refractivity contribution in [2.45, 2.75) is 76.9 Å². The molecule has 5 heteroatoms. The van der Waals surface area contributed by atoms with Crippen molar-refractivity contribution in [2.24, 2.45) is 11.8 Å². The lowest BCUT2D eigenvalue weighted by molar-refractivity contribution is -0.140. The Balaban J connectivity index is 2.46. The van der Waals surface area contributed by atoms with Gasteiger partial charge in [-0.1, -0.05) is 50.5 Å². The summed E-state index contributed by atoms with van der Waals surface area (Å²) in [7, 11) is 1.38. The summed E-state index contributed by atoms with van der Waals surface area (Å²) in [5.74, 6) is -0.638. The van der Waals surface area contributed by atoms with Crippen molar-refractivity contribution in [3.8, 4) is 0 Å². The van der Waals surface area contributed by atoms with Crippen molar-refractivity contribution in [2.75, 3.05) is 7.11 Å². The smallest absolute Gasteiger partial charge is 0.305 e. The molecule has 1 aliphatic rings. The van der Waals surface area contributed by atoms with Gasteiger partial charge in [0.2, 0.25) is 0 Å². The predicted octanol–water partition coefficient (Wildman–Crippen LogP) is 3.34. The minimum Gasteiger partial charge on any atom is -0.469 e. The highest BCUT2D eigenvalue weighted by Gasteiger charge is 2.39. The quantitative estimate of drug-likeness (QED) is 0.314. The number of aliphatic hydroxyl groups is 2. The summed E-state index contributed by atoms with van der Waals surface area (Å²) < 4.78 is 4.59. The number of allylic oxidation sites excluding steroid dienone is 3. The van der Waals surface area contributed by atoms with Gasteiger partial charge in [0.15, 0.2) is 0 Å². The minimum atomic E-state index is -0.630. The van der Waals surface area contributed by atoms with Gasteiger partial charge in [-0.25, -0.2) is 0 Å². The van der Waals surface area contributed by atoms with Gasteiger partial charge in [0.1, 0.15) is 5.78 Å². The summed E-state index contributed by atoms with van der Waals surface area (Å²) in [6.07, 6.45) is 12.9. The van der Waals surface area contributed by atoms with Gasteiger partial charge in [0.25, 0.3) is 0 Å². The van der Waals surface area contributed by atoms with Gasteiger partial charge in [-0.05, 0) is 25.7 Å². The van der Waals surface area contributed by atoms with Gasteiger partial charge in [0, 0.05) is 24.7 Å². The molecule has 1 saturated carbocycles. The van der Waals surface area contributed by atoms with E-state index in [1.165, 1.54) is 7.11 Å². The van der Waals surface area contributed by atoms with Crippen LogP contribution in [0.2, 0.25) is 0 Å². The Morgan fingerprint density at radius 1 is 1.31 bits per heavy atom. The van der Waals surface area contributed by atoms with Crippen molar-refractivity contribution >= 4 is 11.8 Å². The van der Waals surface area contributed by atoms with Crippen LogP contribution in [0.4, 0.5) is 0 Å². The highest BCUT2D eigenvalue weighted by Crippen LogP contribution is 2.33. The van der Waals surface area contributed by atoms with E-state index in [1.54, 1.807) is 12.2 Å². The van der Waals surface area contributed by atoms with Crippen LogP contribution in [0.3, 0.4) is 0 Å². The van der Waals surface area contributed by atoms with E-state index in [-0.39, 0.29) is 30.0 Å². The van der Waals surface area contributed by atoms with E-state index in [1.807, 2.05) is 12.2 Å². The summed E-state index contributed by atoms with van der Waals surface area (Å²) in [4.78, 5) is 23.2. The number of hydrogen-bond acceptors (Lipinski definition) is 5. The Hall–Kier alpha value is -1.46. The molecule has 0 aromatic heterocycles. The zero-order chi connectivity index (χ0) is 19.4. The number of methoxy groups -OCH3 is 1. The van der Waals surface area contributed by atoms with Gasteiger partial charge in [-0.15, -0.1) is 0 Å². The number of ether oxygens (including phenoxy) is 1. The van der Waals surface area contributed by atoms with Crippen LogP contribution in [0.1, 0.15) is 64.7 Å². The van der Waals surface area contributed by atoms with Crippen LogP contribution in [0, 0.1) is 11.8 Å². The first-order chi connectivity index (χ1) is 12.5. The third kappa shape index (κ3) is 8.28. The molecule has 2 N–H and O–H groups in total. The van der Waals surface area contributed by atoms with Crippen molar-refractivity contribution in [3.05, 3.63) is 24.3 Å². The molecule has 5 nitrogen and oxygen atoms in total. The molecule has 0 radical (unpaired) electrons. The Morgan fingerprint density at radius 2 is 2.08 bits per heavy atom. The number of esters is 1. The van der Waals surface area contributed by atoms with Crippen LogP contribution in [-0.4, -0.2) is 41.3 Å². The van der Waals surface area contributed by atoms with E-state index < -0.39 is 12.2 Å². The third-order valence-electron chi connectivity index (χ3n) is 4.94. The van der Waals surface area contributed by atoms with Crippen LogP contribution in [0.25, 0.3) is 0 Å². The SMILES string of the molecule is CCCCCC(O)C=C[C@H]1C(=O)CC(O)C1CC=CCCCC(=O)OC. The Kier molecular flexibility index (Phi) is 11.1. The second kappa shape index (κ2) is 12.8. The zero-order valence-corrected chi connectivity index (χ0v) is 16.1. The van der Waals surface area contributed by atoms with Crippen molar-refractivity contribution in [3.63, 3.8) is 0 Å². The van der Waals surface area contributed by atoms with Gasteiger partial charge in [-0.2, -0.15) is 0 Å². The van der Waals surface area contributed by atoms with Gasteiger partial charge in [-0.3, -0.25) is 9.59 Å². The summed E-state index contributed by atoms with van der Waals surface area (Å²) in [5.41, 5.74) is 0. The fraction of sp³-hybridized carbons (Fsp3) is 0.714. The molecule has 1 aliphatic carbocycles. The minimum absolute atomic E-state index is 0.0404. The monoisotopic (exact) mass is 366 g/mol. The number of ketones is 1. The zero-order valence-electron chi connectivity index (χ0n) is 16.1. The Morgan fingerprint density at radius 3 is 2.77 bits per heavy atom. The highest BCUT2D eigenvalue weighted by molar-refractivity contribution is 5.86. The molecule has 0 amide bonds. The first-order valence-electron chi connectivity index (χ1n) is 9.78. The molecule has 0 aromatic rings. The van der Waals surface area contributed by atoms with E-state index in [4.69, 9.17) is 0 Å². The molecule has 1 fully saturated rings. The number of unbranched alkanes of at least 4 members (excludes halogenated alkanes) is 3. The van der Waals surface area contributed by atoms with Crippen molar-refractivity contribution in [1.82, 2.24) is 0 Å². The lowest BCUT2D eigenvalue weighted by Gasteiger charge is -2.17. The maximum atomic E-state index is 12.1. The largest absolute Gasteiger partial charge is 0.469 e. The summed E-state index contributed by atoms with van der Waals surface area (Å²) in [5, 5.41) is 20.2. The fourth-order valence-electron chi connectivity index (χ4n) is 3.31. The van der Waals surface area contributed by atoms with Gasteiger partial charge in [0.05, 0.1) is 19.3 Å². The number of hydrogen-bond donors (Lipinski definition) is 2. The average Bonchev–Trinajstić information content (AvgIpc) is 2.89. The molecule has 26 heavy (non-hydrogen) atoms. The number of Topliss-reactive ketones (excluding diaryl/α,β-unsaturated/α-hetero) is 1. The van der Waals surface area contributed by atoms with Crippen LogP contribution in [0.15, 0.2) is 24.3 Å². The maximum absolute atomic E-state index is 12.1.